The molecule has 0 atom stereocenters. The molecule has 0 bridgehead atoms. The zero-order valence-corrected chi connectivity index (χ0v) is 24.4. The molecule has 1 aromatic heterocycles. The van der Waals surface area contributed by atoms with Gasteiger partial charge in [0.25, 0.3) is 0 Å². The Bertz CT molecular complexity index is 1010. The van der Waals surface area contributed by atoms with Crippen molar-refractivity contribution in [1.82, 2.24) is 14.8 Å². The fourth-order valence-corrected chi connectivity index (χ4v) is 4.96. The maximum Gasteiger partial charge on any atom is 0.0493 e. The summed E-state index contributed by atoms with van der Waals surface area (Å²) in [7, 11) is 0. The van der Waals surface area contributed by atoms with Crippen molar-refractivity contribution in [2.45, 2.75) is 66.0 Å². The Morgan fingerprint density at radius 2 is 1.54 bits per heavy atom. The lowest BCUT2D eigenvalue weighted by Crippen LogP contribution is -2.29. The van der Waals surface area contributed by atoms with E-state index in [0.717, 1.165) is 30.2 Å². The number of aromatic nitrogens is 1. The lowest BCUT2D eigenvalue weighted by molar-refractivity contribution is 0.261. The molecule has 35 heavy (non-hydrogen) atoms. The molecule has 1 heterocycles. The SMILES string of the molecule is CCCCN(CCCC)CCCNCc1c(C)n(Cc2ccc(Cl)cc2Cl)c2ccccc12.Cl.Cl. The van der Waals surface area contributed by atoms with Crippen LogP contribution in [0.4, 0.5) is 0 Å². The average Bonchev–Trinajstić information content (AvgIpc) is 3.07. The van der Waals surface area contributed by atoms with Crippen molar-refractivity contribution in [2.75, 3.05) is 26.2 Å². The molecular formula is C28H41Cl4N3. The Morgan fingerprint density at radius 1 is 0.886 bits per heavy atom. The van der Waals surface area contributed by atoms with Crippen LogP contribution in [0.1, 0.15) is 62.8 Å². The normalized spacial score (nSPS) is 11.0. The summed E-state index contributed by atoms with van der Waals surface area (Å²) >= 11 is 12.6. The smallest absolute Gasteiger partial charge is 0.0493 e. The first-order chi connectivity index (χ1) is 16.0. The molecule has 1 N–H and O–H groups in total. The van der Waals surface area contributed by atoms with E-state index in [0.29, 0.717) is 5.02 Å². The van der Waals surface area contributed by atoms with Gasteiger partial charge in [0.2, 0.25) is 0 Å². The van der Waals surface area contributed by atoms with Crippen LogP contribution in [0, 0.1) is 6.92 Å². The van der Waals surface area contributed by atoms with Crippen LogP contribution in [0.25, 0.3) is 10.9 Å². The van der Waals surface area contributed by atoms with E-state index in [-0.39, 0.29) is 24.8 Å². The minimum atomic E-state index is 0. The Morgan fingerprint density at radius 3 is 2.20 bits per heavy atom. The molecule has 0 saturated heterocycles. The highest BCUT2D eigenvalue weighted by molar-refractivity contribution is 6.35. The number of unbranched alkanes of at least 4 members (excludes halogenated alkanes) is 2. The van der Waals surface area contributed by atoms with Gasteiger partial charge in [0, 0.05) is 39.7 Å². The average molecular weight is 561 g/mol. The van der Waals surface area contributed by atoms with Crippen molar-refractivity contribution in [3.8, 4) is 0 Å². The van der Waals surface area contributed by atoms with Gasteiger partial charge in [-0.2, -0.15) is 0 Å². The molecule has 0 spiro atoms. The molecule has 196 valence electrons. The Kier molecular flexibility index (Phi) is 15.3. The van der Waals surface area contributed by atoms with Gasteiger partial charge >= 0.3 is 0 Å². The first-order valence-electron chi connectivity index (χ1n) is 12.5. The highest BCUT2D eigenvalue weighted by Gasteiger charge is 2.15. The summed E-state index contributed by atoms with van der Waals surface area (Å²) in [4.78, 5) is 2.64. The number of halogens is 4. The number of benzene rings is 2. The molecule has 0 radical (unpaired) electrons. The second kappa shape index (κ2) is 16.7. The van der Waals surface area contributed by atoms with Crippen LogP contribution in [0.2, 0.25) is 10.0 Å². The standard InChI is InChI=1S/C28H39Cl2N3.2ClH/c1-4-6-16-32(17-7-5-2)18-10-15-31-20-26-22(3)33(28-12-9-8-11-25(26)28)21-23-13-14-24(29)19-27(23)30;;/h8-9,11-14,19,31H,4-7,10,15-18,20-21H2,1-3H3;2*1H. The molecule has 0 aliphatic carbocycles. The molecule has 7 heteroatoms. The van der Waals surface area contributed by atoms with E-state index in [1.807, 2.05) is 18.2 Å². The van der Waals surface area contributed by atoms with Gasteiger partial charge in [-0.1, -0.05) is 74.2 Å². The molecule has 3 rings (SSSR count). The van der Waals surface area contributed by atoms with E-state index in [2.05, 4.69) is 59.8 Å². The predicted octanol–water partition coefficient (Wildman–Crippen LogP) is 8.53. The van der Waals surface area contributed by atoms with E-state index < -0.39 is 0 Å². The minimum Gasteiger partial charge on any atom is -0.340 e. The Balaban J connectivity index is 0.00000306. The van der Waals surface area contributed by atoms with Crippen LogP contribution in [0.5, 0.6) is 0 Å². The highest BCUT2D eigenvalue weighted by Crippen LogP contribution is 2.29. The van der Waals surface area contributed by atoms with Crippen molar-refractivity contribution >= 4 is 58.9 Å². The van der Waals surface area contributed by atoms with Gasteiger partial charge in [-0.15, -0.1) is 24.8 Å². The van der Waals surface area contributed by atoms with Gasteiger partial charge in [0.1, 0.15) is 0 Å². The van der Waals surface area contributed by atoms with Crippen LogP contribution in [-0.2, 0) is 13.1 Å². The zero-order chi connectivity index (χ0) is 23.6. The largest absolute Gasteiger partial charge is 0.340 e. The summed E-state index contributed by atoms with van der Waals surface area (Å²) in [5.74, 6) is 0. The molecule has 0 aliphatic rings. The number of hydrogen-bond acceptors (Lipinski definition) is 2. The van der Waals surface area contributed by atoms with Crippen molar-refractivity contribution < 1.29 is 0 Å². The number of nitrogens with one attached hydrogen (secondary N) is 1. The van der Waals surface area contributed by atoms with E-state index in [9.17, 15) is 0 Å². The lowest BCUT2D eigenvalue weighted by atomic mass is 10.1. The van der Waals surface area contributed by atoms with Crippen molar-refractivity contribution in [2.24, 2.45) is 0 Å². The van der Waals surface area contributed by atoms with Gasteiger partial charge in [0.05, 0.1) is 0 Å². The van der Waals surface area contributed by atoms with E-state index in [4.69, 9.17) is 23.2 Å². The predicted molar refractivity (Wildman–Crippen MR) is 159 cm³/mol. The minimum absolute atomic E-state index is 0. The van der Waals surface area contributed by atoms with Gasteiger partial charge < -0.3 is 14.8 Å². The van der Waals surface area contributed by atoms with Gasteiger partial charge in [-0.05, 0) is 81.7 Å². The quantitative estimate of drug-likeness (QED) is 0.199. The van der Waals surface area contributed by atoms with Crippen LogP contribution >= 0.6 is 48.0 Å². The van der Waals surface area contributed by atoms with Crippen molar-refractivity contribution in [3.05, 3.63) is 69.3 Å². The van der Waals surface area contributed by atoms with Crippen molar-refractivity contribution in [1.29, 1.82) is 0 Å². The number of nitrogens with zero attached hydrogens (tertiary/aromatic N) is 2. The third kappa shape index (κ3) is 9.14. The number of para-hydroxylation sites is 1. The molecule has 3 aromatic rings. The molecule has 3 nitrogen and oxygen atoms in total. The molecule has 0 aliphatic heterocycles. The second-order valence-electron chi connectivity index (χ2n) is 8.98. The van der Waals surface area contributed by atoms with Crippen molar-refractivity contribution in [3.63, 3.8) is 0 Å². The van der Waals surface area contributed by atoms with E-state index in [1.54, 1.807) is 0 Å². The second-order valence-corrected chi connectivity index (χ2v) is 9.83. The molecule has 0 unspecified atom stereocenters. The summed E-state index contributed by atoms with van der Waals surface area (Å²) in [6.07, 6.45) is 6.32. The Hall–Kier alpha value is -0.940. The topological polar surface area (TPSA) is 20.2 Å². The monoisotopic (exact) mass is 559 g/mol. The first kappa shape index (κ1) is 32.1. The van der Waals surface area contributed by atoms with Gasteiger partial charge in [-0.3, -0.25) is 0 Å². The molecule has 0 amide bonds. The lowest BCUT2D eigenvalue weighted by Gasteiger charge is -2.22. The maximum absolute atomic E-state index is 6.48. The van der Waals surface area contributed by atoms with Crippen LogP contribution in [-0.4, -0.2) is 35.6 Å². The number of hydrogen-bond donors (Lipinski definition) is 1. The zero-order valence-electron chi connectivity index (χ0n) is 21.3. The molecule has 0 fully saturated rings. The summed E-state index contributed by atoms with van der Waals surface area (Å²) in [5, 5.41) is 6.42. The van der Waals surface area contributed by atoms with Crippen LogP contribution in [0.3, 0.4) is 0 Å². The number of fused-ring (bicyclic) bond motifs is 1. The highest BCUT2D eigenvalue weighted by atomic mass is 35.5. The van der Waals surface area contributed by atoms with Crippen LogP contribution < -0.4 is 5.32 Å². The van der Waals surface area contributed by atoms with Gasteiger partial charge in [0.15, 0.2) is 0 Å². The molecular weight excluding hydrogens is 520 g/mol. The van der Waals surface area contributed by atoms with E-state index >= 15 is 0 Å². The van der Waals surface area contributed by atoms with Gasteiger partial charge in [-0.25, -0.2) is 0 Å². The third-order valence-corrected chi connectivity index (χ3v) is 7.08. The molecule has 0 saturated carbocycles. The molecule has 2 aromatic carbocycles. The Labute approximate surface area is 234 Å². The summed E-state index contributed by atoms with van der Waals surface area (Å²) in [6.45, 7) is 13.1. The summed E-state index contributed by atoms with van der Waals surface area (Å²) in [6, 6.07) is 14.4. The fraction of sp³-hybridized carbons (Fsp3) is 0.500. The van der Waals surface area contributed by atoms with Crippen LogP contribution in [0.15, 0.2) is 42.5 Å². The third-order valence-electron chi connectivity index (χ3n) is 6.49. The fourth-order valence-electron chi connectivity index (χ4n) is 4.49. The maximum atomic E-state index is 6.48. The van der Waals surface area contributed by atoms with E-state index in [1.165, 1.54) is 73.9 Å². The summed E-state index contributed by atoms with van der Waals surface area (Å²) in [5.41, 5.74) is 5.01. The first-order valence-corrected chi connectivity index (χ1v) is 13.2. The number of rotatable bonds is 14. The summed E-state index contributed by atoms with van der Waals surface area (Å²) < 4.78 is 2.37.